The fraction of sp³-hybridized carbons (Fsp3) is 0. The van der Waals surface area contributed by atoms with Gasteiger partial charge in [0.15, 0.2) is 0 Å². The number of hydrogen-bond acceptors (Lipinski definition) is 2. The van der Waals surface area contributed by atoms with E-state index in [1.54, 1.807) is 12.1 Å². The van der Waals surface area contributed by atoms with Crippen molar-refractivity contribution in [2.24, 2.45) is 0 Å². The molecule has 49 valence electrons. The van der Waals surface area contributed by atoms with Crippen LogP contribution in [0.4, 0.5) is 5.69 Å². The second-order valence-electron chi connectivity index (χ2n) is 1.80. The Hall–Kier alpha value is -0.458. The molecular formula is C6H4NO2Pb. The van der Waals surface area contributed by atoms with E-state index in [0.717, 1.165) is 25.8 Å². The predicted molar refractivity (Wildman–Crippen MR) is 38.5 cm³/mol. The zero-order chi connectivity index (χ0) is 7.56. The number of nitrogens with zero attached hydrogens (tertiary/aromatic N) is 1. The molecule has 1 aromatic rings. The minimum atomic E-state index is -0.388. The first-order valence-electron chi connectivity index (χ1n) is 2.66. The average molecular weight is 329 g/mol. The van der Waals surface area contributed by atoms with E-state index in [1.165, 1.54) is 15.3 Å². The van der Waals surface area contributed by atoms with Crippen LogP contribution in [0.5, 0.6) is 0 Å². The van der Waals surface area contributed by atoms with E-state index in [0.29, 0.717) is 0 Å². The minimum absolute atomic E-state index is 0.166. The third-order valence-electron chi connectivity index (χ3n) is 1.08. The van der Waals surface area contributed by atoms with Crippen LogP contribution in [-0.2, 0) is 0 Å². The molecule has 1 aromatic carbocycles. The van der Waals surface area contributed by atoms with Crippen LogP contribution in [-0.4, -0.2) is 30.7 Å². The van der Waals surface area contributed by atoms with Gasteiger partial charge in [0, 0.05) is 0 Å². The van der Waals surface area contributed by atoms with Crippen molar-refractivity contribution in [2.75, 3.05) is 0 Å². The second kappa shape index (κ2) is 3.09. The molecule has 0 heterocycles. The van der Waals surface area contributed by atoms with Gasteiger partial charge in [-0.3, -0.25) is 0 Å². The summed E-state index contributed by atoms with van der Waals surface area (Å²) >= 11 is 0.945. The van der Waals surface area contributed by atoms with Gasteiger partial charge in [0.2, 0.25) is 0 Å². The molecule has 0 fully saturated rings. The topological polar surface area (TPSA) is 43.1 Å². The molecule has 3 nitrogen and oxygen atoms in total. The number of nitro groups is 1. The standard InChI is InChI=1S/C6H4NO2.Pb/c8-7(9)6-4-2-1-3-5-6;/h2-5H;. The summed E-state index contributed by atoms with van der Waals surface area (Å²) in [5.74, 6) is 0. The molecule has 0 aromatic heterocycles. The first-order valence-corrected chi connectivity index (χ1v) is 4.60. The monoisotopic (exact) mass is 330 g/mol. The summed E-state index contributed by atoms with van der Waals surface area (Å²) in [4.78, 5) is 9.74. The fourth-order valence-electron chi connectivity index (χ4n) is 0.583. The van der Waals surface area contributed by atoms with Crippen molar-refractivity contribution < 1.29 is 4.92 Å². The van der Waals surface area contributed by atoms with Crippen molar-refractivity contribution >= 4 is 34.6 Å². The second-order valence-corrected chi connectivity index (χ2v) is 4.05. The van der Waals surface area contributed by atoms with Crippen molar-refractivity contribution in [3.8, 4) is 0 Å². The van der Waals surface area contributed by atoms with Gasteiger partial charge in [0.05, 0.1) is 0 Å². The van der Waals surface area contributed by atoms with Crippen LogP contribution in [0.1, 0.15) is 0 Å². The van der Waals surface area contributed by atoms with Gasteiger partial charge in [0.25, 0.3) is 0 Å². The summed E-state index contributed by atoms with van der Waals surface area (Å²) in [6, 6.07) is 6.62. The Morgan fingerprint density at radius 3 is 2.20 bits per heavy atom. The van der Waals surface area contributed by atoms with Gasteiger partial charge >= 0.3 is 73.9 Å². The number of rotatable bonds is 1. The Balaban J connectivity index is 3.00. The Bertz CT molecular complexity index is 244. The van der Waals surface area contributed by atoms with Crippen LogP contribution >= 0.6 is 0 Å². The average Bonchev–Trinajstić information content (AvgIpc) is 1.88. The molecule has 0 aliphatic heterocycles. The maximum atomic E-state index is 10.1. The normalized spacial score (nSPS) is 9.30. The number of non-ortho nitro benzene ring substituents is 1. The van der Waals surface area contributed by atoms with Crippen LogP contribution in [0.2, 0.25) is 0 Å². The van der Waals surface area contributed by atoms with Crippen molar-refractivity contribution in [1.29, 1.82) is 0 Å². The Kier molecular flexibility index (Phi) is 2.36. The zero-order valence-electron chi connectivity index (χ0n) is 5.07. The van der Waals surface area contributed by atoms with E-state index < -0.39 is 0 Å². The molecule has 0 atom stereocenters. The third kappa shape index (κ3) is 1.76. The quantitative estimate of drug-likeness (QED) is 0.425. The molecule has 0 saturated carbocycles. The summed E-state index contributed by atoms with van der Waals surface area (Å²) in [6.45, 7) is 0. The van der Waals surface area contributed by atoms with Gasteiger partial charge < -0.3 is 0 Å². The molecule has 0 amide bonds. The Morgan fingerprint density at radius 1 is 1.30 bits per heavy atom. The molecule has 0 aliphatic carbocycles. The van der Waals surface area contributed by atoms with Gasteiger partial charge in [-0.2, -0.15) is 0 Å². The van der Waals surface area contributed by atoms with Gasteiger partial charge in [0.1, 0.15) is 0 Å². The first kappa shape index (κ1) is 7.65. The van der Waals surface area contributed by atoms with Gasteiger partial charge in [-0.25, -0.2) is 0 Å². The fourth-order valence-corrected chi connectivity index (χ4v) is 1.23. The molecule has 0 unspecified atom stereocenters. The Labute approximate surface area is 73.9 Å². The number of hydrogen-bond donors (Lipinski definition) is 0. The molecule has 4 heteroatoms. The van der Waals surface area contributed by atoms with Crippen LogP contribution in [0.3, 0.4) is 0 Å². The van der Waals surface area contributed by atoms with Crippen LogP contribution in [0, 0.1) is 10.1 Å². The van der Waals surface area contributed by atoms with Crippen molar-refractivity contribution in [1.82, 2.24) is 0 Å². The van der Waals surface area contributed by atoms with Crippen molar-refractivity contribution in [3.63, 3.8) is 0 Å². The molecule has 0 bridgehead atoms. The summed E-state index contributed by atoms with van der Waals surface area (Å²) in [5, 5.41) is 10.1. The predicted octanol–water partition coefficient (Wildman–Crippen LogP) is 0.389. The molecule has 0 aliphatic rings. The third-order valence-corrected chi connectivity index (χ3v) is 2.37. The first-order chi connectivity index (χ1) is 4.70. The van der Waals surface area contributed by atoms with Gasteiger partial charge in [-0.15, -0.1) is 0 Å². The molecule has 0 spiro atoms. The molecular weight excluding hydrogens is 325 g/mol. The SMILES string of the molecule is O=[N+]([O-])c1cc[c]([Pb])cc1. The van der Waals surface area contributed by atoms with Crippen molar-refractivity contribution in [2.45, 2.75) is 0 Å². The summed E-state index contributed by atoms with van der Waals surface area (Å²) in [7, 11) is 0. The molecule has 0 N–H and O–H groups in total. The van der Waals surface area contributed by atoms with Crippen LogP contribution < -0.4 is 3.12 Å². The van der Waals surface area contributed by atoms with Gasteiger partial charge in [-0.05, 0) is 0 Å². The number of benzene rings is 1. The van der Waals surface area contributed by atoms with E-state index in [2.05, 4.69) is 0 Å². The van der Waals surface area contributed by atoms with E-state index in [-0.39, 0.29) is 10.6 Å². The van der Waals surface area contributed by atoms with Gasteiger partial charge in [-0.1, -0.05) is 0 Å². The number of nitro benzene ring substituents is 1. The van der Waals surface area contributed by atoms with E-state index >= 15 is 0 Å². The molecule has 1 rings (SSSR count). The van der Waals surface area contributed by atoms with E-state index in [1.807, 2.05) is 0 Å². The van der Waals surface area contributed by atoms with Crippen LogP contribution in [0.25, 0.3) is 0 Å². The zero-order valence-corrected chi connectivity index (χ0v) is 8.96. The van der Waals surface area contributed by atoms with E-state index in [4.69, 9.17) is 0 Å². The van der Waals surface area contributed by atoms with Crippen molar-refractivity contribution in [3.05, 3.63) is 34.4 Å². The van der Waals surface area contributed by atoms with E-state index in [9.17, 15) is 10.1 Å². The molecule has 3 radical (unpaired) electrons. The molecule has 10 heavy (non-hydrogen) atoms. The summed E-state index contributed by atoms with van der Waals surface area (Å²) in [6.07, 6.45) is 0. The van der Waals surface area contributed by atoms with Crippen LogP contribution in [0.15, 0.2) is 24.3 Å². The Morgan fingerprint density at radius 2 is 1.80 bits per heavy atom. The summed E-state index contributed by atoms with van der Waals surface area (Å²) in [5.41, 5.74) is 0.166. The summed E-state index contributed by atoms with van der Waals surface area (Å²) < 4.78 is 1.17. The maximum absolute atomic E-state index is 10.1. The molecule has 0 saturated heterocycles.